The van der Waals surface area contributed by atoms with Crippen molar-refractivity contribution >= 4 is 11.8 Å². The van der Waals surface area contributed by atoms with E-state index in [1.54, 1.807) is 0 Å². The number of benzene rings is 1. The van der Waals surface area contributed by atoms with Crippen LogP contribution in [0.2, 0.25) is 0 Å². The number of nitrogens with zero attached hydrogens (tertiary/aromatic N) is 4. The Labute approximate surface area is 142 Å². The van der Waals surface area contributed by atoms with E-state index in [1.807, 2.05) is 17.6 Å². The molecule has 0 aliphatic heterocycles. The summed E-state index contributed by atoms with van der Waals surface area (Å²) in [5, 5.41) is 18.1. The van der Waals surface area contributed by atoms with E-state index in [0.717, 1.165) is 16.5 Å². The van der Waals surface area contributed by atoms with Crippen LogP contribution in [0.1, 0.15) is 33.3 Å². The quantitative estimate of drug-likeness (QED) is 0.602. The van der Waals surface area contributed by atoms with Gasteiger partial charge in [-0.05, 0) is 17.9 Å². The van der Waals surface area contributed by atoms with Gasteiger partial charge in [-0.1, -0.05) is 62.9 Å². The summed E-state index contributed by atoms with van der Waals surface area (Å²) in [7, 11) is 0. The summed E-state index contributed by atoms with van der Waals surface area (Å²) in [5.74, 6) is 0.804. The molecular formula is C18H22N4S. The van der Waals surface area contributed by atoms with Crippen LogP contribution in [-0.4, -0.2) is 20.0 Å². The number of hydrogen-bond acceptors (Lipinski definition) is 4. The van der Waals surface area contributed by atoms with Gasteiger partial charge in [0.25, 0.3) is 0 Å². The Morgan fingerprint density at radius 2 is 1.96 bits per heavy atom. The van der Waals surface area contributed by atoms with E-state index in [4.69, 9.17) is 5.26 Å². The third-order valence-corrected chi connectivity index (χ3v) is 4.47. The monoisotopic (exact) mass is 326 g/mol. The van der Waals surface area contributed by atoms with Gasteiger partial charge in [0.15, 0.2) is 11.0 Å². The lowest BCUT2D eigenvalue weighted by Crippen LogP contribution is -2.10. The lowest BCUT2D eigenvalue weighted by Gasteiger charge is -2.19. The van der Waals surface area contributed by atoms with Crippen molar-refractivity contribution in [3.8, 4) is 17.5 Å². The third-order valence-electron chi connectivity index (χ3n) is 3.50. The van der Waals surface area contributed by atoms with E-state index < -0.39 is 0 Å². The molecule has 1 aromatic carbocycles. The van der Waals surface area contributed by atoms with Crippen LogP contribution in [0, 0.1) is 11.3 Å². The van der Waals surface area contributed by atoms with Crippen LogP contribution in [0.3, 0.4) is 0 Å². The minimum absolute atomic E-state index is 0.122. The number of rotatable bonds is 5. The standard InChI is InChI=1S/C18H22N4S/c1-6-11-22-16(20-21-17(22)23-13(2)12-19)14-7-9-15(10-8-14)18(3,4)5/h6-10,13H,1,11H2,2-5H3/t13-/m1/s1. The van der Waals surface area contributed by atoms with E-state index in [2.05, 4.69) is 67.9 Å². The lowest BCUT2D eigenvalue weighted by molar-refractivity contribution is 0.590. The van der Waals surface area contributed by atoms with Crippen LogP contribution in [0.5, 0.6) is 0 Å². The van der Waals surface area contributed by atoms with E-state index in [1.165, 1.54) is 17.3 Å². The zero-order chi connectivity index (χ0) is 17.0. The molecule has 0 radical (unpaired) electrons. The molecule has 0 saturated carbocycles. The molecule has 0 aliphatic carbocycles. The SMILES string of the molecule is C=CCn1c(S[C@H](C)C#N)nnc1-c1ccc(C(C)(C)C)cc1. The highest BCUT2D eigenvalue weighted by Gasteiger charge is 2.17. The van der Waals surface area contributed by atoms with Gasteiger partial charge in [0, 0.05) is 12.1 Å². The van der Waals surface area contributed by atoms with Crippen LogP contribution < -0.4 is 0 Å². The predicted octanol–water partition coefficient (Wildman–Crippen LogP) is 4.43. The second-order valence-corrected chi connectivity index (χ2v) is 7.73. The maximum absolute atomic E-state index is 9.00. The van der Waals surface area contributed by atoms with Crippen LogP contribution in [0.25, 0.3) is 11.4 Å². The minimum atomic E-state index is -0.168. The van der Waals surface area contributed by atoms with Crippen molar-refractivity contribution < 1.29 is 0 Å². The second kappa shape index (κ2) is 7.01. The number of hydrogen-bond donors (Lipinski definition) is 0. The van der Waals surface area contributed by atoms with E-state index in [9.17, 15) is 0 Å². The van der Waals surface area contributed by atoms with Crippen LogP contribution in [-0.2, 0) is 12.0 Å². The van der Waals surface area contributed by atoms with Gasteiger partial charge in [0.05, 0.1) is 11.3 Å². The normalized spacial score (nSPS) is 12.7. The maximum atomic E-state index is 9.00. The molecule has 1 heterocycles. The summed E-state index contributed by atoms with van der Waals surface area (Å²) in [4.78, 5) is 0. The molecule has 0 fully saturated rings. The highest BCUT2D eigenvalue weighted by Crippen LogP contribution is 2.28. The molecule has 4 nitrogen and oxygen atoms in total. The third kappa shape index (κ3) is 4.02. The molecule has 5 heteroatoms. The number of thioether (sulfide) groups is 1. The molecule has 23 heavy (non-hydrogen) atoms. The smallest absolute Gasteiger partial charge is 0.193 e. The first-order chi connectivity index (χ1) is 10.9. The van der Waals surface area contributed by atoms with Gasteiger partial charge in [-0.15, -0.1) is 16.8 Å². The van der Waals surface area contributed by atoms with Gasteiger partial charge in [-0.2, -0.15) is 5.26 Å². The molecule has 0 spiro atoms. The predicted molar refractivity (Wildman–Crippen MR) is 95.3 cm³/mol. The fourth-order valence-corrected chi connectivity index (χ4v) is 2.93. The fraction of sp³-hybridized carbons (Fsp3) is 0.389. The number of allylic oxidation sites excluding steroid dienone is 1. The molecule has 0 amide bonds. The van der Waals surface area contributed by atoms with E-state index in [-0.39, 0.29) is 10.7 Å². The first-order valence-electron chi connectivity index (χ1n) is 7.58. The summed E-state index contributed by atoms with van der Waals surface area (Å²) in [5.41, 5.74) is 2.42. The summed E-state index contributed by atoms with van der Waals surface area (Å²) in [6.07, 6.45) is 1.82. The van der Waals surface area contributed by atoms with Crippen molar-refractivity contribution in [1.82, 2.24) is 14.8 Å². The Morgan fingerprint density at radius 3 is 2.48 bits per heavy atom. The zero-order valence-corrected chi connectivity index (χ0v) is 14.9. The van der Waals surface area contributed by atoms with Crippen molar-refractivity contribution in [2.45, 2.75) is 50.1 Å². The Balaban J connectivity index is 2.39. The molecule has 0 N–H and O–H groups in total. The Kier molecular flexibility index (Phi) is 5.27. The lowest BCUT2D eigenvalue weighted by atomic mass is 9.87. The molecular weight excluding hydrogens is 304 g/mol. The van der Waals surface area contributed by atoms with Gasteiger partial charge in [-0.25, -0.2) is 0 Å². The first kappa shape index (κ1) is 17.3. The summed E-state index contributed by atoms with van der Waals surface area (Å²) in [6.45, 7) is 12.9. The van der Waals surface area contributed by atoms with Gasteiger partial charge in [0.1, 0.15) is 0 Å². The van der Waals surface area contributed by atoms with E-state index >= 15 is 0 Å². The van der Waals surface area contributed by atoms with Gasteiger partial charge < -0.3 is 0 Å². The second-order valence-electron chi connectivity index (χ2n) is 6.42. The highest BCUT2D eigenvalue weighted by atomic mass is 32.2. The summed E-state index contributed by atoms with van der Waals surface area (Å²) >= 11 is 1.41. The molecule has 0 saturated heterocycles. The highest BCUT2D eigenvalue weighted by molar-refractivity contribution is 8.00. The van der Waals surface area contributed by atoms with Gasteiger partial charge in [-0.3, -0.25) is 4.57 Å². The molecule has 0 aliphatic rings. The average Bonchev–Trinajstić information content (AvgIpc) is 2.89. The van der Waals surface area contributed by atoms with Crippen LogP contribution in [0.4, 0.5) is 0 Å². The summed E-state index contributed by atoms with van der Waals surface area (Å²) < 4.78 is 2.00. The van der Waals surface area contributed by atoms with Crippen molar-refractivity contribution in [1.29, 1.82) is 5.26 Å². The van der Waals surface area contributed by atoms with Crippen molar-refractivity contribution in [3.63, 3.8) is 0 Å². The molecule has 0 unspecified atom stereocenters. The van der Waals surface area contributed by atoms with Crippen LogP contribution >= 0.6 is 11.8 Å². The van der Waals surface area contributed by atoms with Crippen LogP contribution in [0.15, 0.2) is 42.1 Å². The van der Waals surface area contributed by atoms with Crippen molar-refractivity contribution in [3.05, 3.63) is 42.5 Å². The molecule has 0 bridgehead atoms. The molecule has 120 valence electrons. The number of aromatic nitrogens is 3. The molecule has 1 aromatic heterocycles. The van der Waals surface area contributed by atoms with Crippen molar-refractivity contribution in [2.24, 2.45) is 0 Å². The average molecular weight is 326 g/mol. The minimum Gasteiger partial charge on any atom is -0.298 e. The topological polar surface area (TPSA) is 54.5 Å². The maximum Gasteiger partial charge on any atom is 0.193 e. The van der Waals surface area contributed by atoms with Crippen molar-refractivity contribution in [2.75, 3.05) is 0 Å². The Hall–Kier alpha value is -2.06. The van der Waals surface area contributed by atoms with Gasteiger partial charge >= 0.3 is 0 Å². The first-order valence-corrected chi connectivity index (χ1v) is 8.46. The zero-order valence-electron chi connectivity index (χ0n) is 14.1. The molecule has 1 atom stereocenters. The summed E-state index contributed by atoms with van der Waals surface area (Å²) in [6, 6.07) is 10.6. The Bertz CT molecular complexity index is 717. The van der Waals surface area contributed by atoms with Gasteiger partial charge in [0.2, 0.25) is 0 Å². The Morgan fingerprint density at radius 1 is 1.30 bits per heavy atom. The fourth-order valence-electron chi connectivity index (χ4n) is 2.19. The largest absolute Gasteiger partial charge is 0.298 e. The molecule has 2 aromatic rings. The number of nitriles is 1. The van der Waals surface area contributed by atoms with E-state index in [0.29, 0.717) is 6.54 Å². The molecule has 2 rings (SSSR count).